The van der Waals surface area contributed by atoms with Gasteiger partial charge < -0.3 is 18.9 Å². The van der Waals surface area contributed by atoms with E-state index in [2.05, 4.69) is 19.7 Å². The van der Waals surface area contributed by atoms with E-state index in [1.165, 1.54) is 7.11 Å². The van der Waals surface area contributed by atoms with Gasteiger partial charge >= 0.3 is 17.9 Å². The van der Waals surface area contributed by atoms with Crippen molar-refractivity contribution < 1.29 is 33.3 Å². The van der Waals surface area contributed by atoms with E-state index in [9.17, 15) is 14.4 Å². The molecule has 0 aliphatic rings. The SMILES string of the molecule is C=C(C)C(=O)OCCc1ccc(-c2ccc(-c3cc(-c4ccc(OC(=O)C(=C)C)cc4)ccc3OC(=O)C(=C)COC)cc2)cc1. The Morgan fingerprint density at radius 3 is 1.72 bits per heavy atom. The lowest BCUT2D eigenvalue weighted by Crippen LogP contribution is -2.14. The molecule has 46 heavy (non-hydrogen) atoms. The van der Waals surface area contributed by atoms with Crippen LogP contribution in [0.15, 0.2) is 127 Å². The van der Waals surface area contributed by atoms with Crippen molar-refractivity contribution in [3.05, 3.63) is 133 Å². The van der Waals surface area contributed by atoms with Gasteiger partial charge in [0.25, 0.3) is 0 Å². The van der Waals surface area contributed by atoms with E-state index in [1.807, 2.05) is 72.8 Å². The second-order valence-corrected chi connectivity index (χ2v) is 10.8. The summed E-state index contributed by atoms with van der Waals surface area (Å²) in [5, 5.41) is 0. The van der Waals surface area contributed by atoms with Crippen molar-refractivity contribution in [1.29, 1.82) is 0 Å². The van der Waals surface area contributed by atoms with Gasteiger partial charge in [0, 0.05) is 30.2 Å². The van der Waals surface area contributed by atoms with E-state index >= 15 is 0 Å². The maximum Gasteiger partial charge on any atom is 0.341 e. The van der Waals surface area contributed by atoms with Gasteiger partial charge in [-0.1, -0.05) is 86.5 Å². The smallest absolute Gasteiger partial charge is 0.341 e. The minimum Gasteiger partial charge on any atom is -0.462 e. The third kappa shape index (κ3) is 8.77. The molecule has 0 heterocycles. The quantitative estimate of drug-likeness (QED) is 0.0856. The van der Waals surface area contributed by atoms with Gasteiger partial charge in [0.1, 0.15) is 11.5 Å². The fourth-order valence-corrected chi connectivity index (χ4v) is 4.43. The Kier molecular flexibility index (Phi) is 11.2. The van der Waals surface area contributed by atoms with Crippen molar-refractivity contribution in [3.8, 4) is 44.9 Å². The summed E-state index contributed by atoms with van der Waals surface area (Å²) in [5.41, 5.74) is 7.28. The van der Waals surface area contributed by atoms with Crippen LogP contribution in [-0.4, -0.2) is 38.2 Å². The number of rotatable bonds is 13. The molecule has 4 aromatic carbocycles. The second-order valence-electron chi connectivity index (χ2n) is 10.8. The Hall–Kier alpha value is -5.53. The van der Waals surface area contributed by atoms with Gasteiger partial charge in [-0.25, -0.2) is 14.4 Å². The first-order valence-corrected chi connectivity index (χ1v) is 14.6. The lowest BCUT2D eigenvalue weighted by molar-refractivity contribution is -0.139. The Morgan fingerprint density at radius 2 is 1.13 bits per heavy atom. The Balaban J connectivity index is 1.59. The fraction of sp³-hybridized carbons (Fsp3) is 0.154. The molecule has 4 aromatic rings. The van der Waals surface area contributed by atoms with Gasteiger partial charge in [0.15, 0.2) is 0 Å². The molecule has 0 spiro atoms. The van der Waals surface area contributed by atoms with E-state index < -0.39 is 11.9 Å². The summed E-state index contributed by atoms with van der Waals surface area (Å²) in [4.78, 5) is 36.2. The summed E-state index contributed by atoms with van der Waals surface area (Å²) in [6, 6.07) is 28.7. The molecule has 0 atom stereocenters. The van der Waals surface area contributed by atoms with Crippen LogP contribution in [0.3, 0.4) is 0 Å². The van der Waals surface area contributed by atoms with Crippen molar-refractivity contribution >= 4 is 17.9 Å². The van der Waals surface area contributed by atoms with Gasteiger partial charge in [0.05, 0.1) is 18.8 Å². The highest BCUT2D eigenvalue weighted by molar-refractivity contribution is 5.92. The molecule has 0 bridgehead atoms. The molecule has 7 nitrogen and oxygen atoms in total. The summed E-state index contributed by atoms with van der Waals surface area (Å²) in [7, 11) is 1.49. The molecular formula is C39H36O7. The molecule has 7 heteroatoms. The molecule has 0 N–H and O–H groups in total. The Labute approximate surface area is 269 Å². The molecule has 0 unspecified atom stereocenters. The minimum atomic E-state index is -0.578. The average molecular weight is 617 g/mol. The lowest BCUT2D eigenvalue weighted by Gasteiger charge is -2.14. The van der Waals surface area contributed by atoms with Crippen LogP contribution in [-0.2, 0) is 30.3 Å². The van der Waals surface area contributed by atoms with Crippen molar-refractivity contribution in [3.63, 3.8) is 0 Å². The van der Waals surface area contributed by atoms with Crippen LogP contribution in [0.2, 0.25) is 0 Å². The van der Waals surface area contributed by atoms with Gasteiger partial charge in [-0.05, 0) is 71.5 Å². The Morgan fingerprint density at radius 1 is 0.609 bits per heavy atom. The molecule has 0 saturated heterocycles. The Bertz CT molecular complexity index is 1760. The zero-order chi connectivity index (χ0) is 33.2. The monoisotopic (exact) mass is 616 g/mol. The van der Waals surface area contributed by atoms with E-state index in [4.69, 9.17) is 18.9 Å². The van der Waals surface area contributed by atoms with Gasteiger partial charge in [-0.3, -0.25) is 0 Å². The number of benzene rings is 4. The maximum atomic E-state index is 12.7. The molecule has 0 saturated carbocycles. The summed E-state index contributed by atoms with van der Waals surface area (Å²) in [5.74, 6) is -0.668. The molecule has 0 radical (unpaired) electrons. The van der Waals surface area contributed by atoms with Crippen LogP contribution in [0.1, 0.15) is 19.4 Å². The van der Waals surface area contributed by atoms with Gasteiger partial charge in [-0.2, -0.15) is 0 Å². The normalized spacial score (nSPS) is 10.5. The van der Waals surface area contributed by atoms with Crippen LogP contribution in [0.5, 0.6) is 11.5 Å². The van der Waals surface area contributed by atoms with E-state index in [-0.39, 0.29) is 24.8 Å². The molecule has 4 rings (SSSR count). The summed E-state index contributed by atoms with van der Waals surface area (Å²) < 4.78 is 21.3. The van der Waals surface area contributed by atoms with E-state index in [1.54, 1.807) is 32.0 Å². The van der Waals surface area contributed by atoms with Crippen LogP contribution >= 0.6 is 0 Å². The van der Waals surface area contributed by atoms with Crippen molar-refractivity contribution in [1.82, 2.24) is 0 Å². The predicted octanol–water partition coefficient (Wildman–Crippen LogP) is 7.94. The maximum absolute atomic E-state index is 12.7. The van der Waals surface area contributed by atoms with Crippen LogP contribution in [0.25, 0.3) is 33.4 Å². The van der Waals surface area contributed by atoms with Gasteiger partial charge in [-0.15, -0.1) is 0 Å². The number of methoxy groups -OCH3 is 1. The molecule has 234 valence electrons. The number of hydrogen-bond acceptors (Lipinski definition) is 7. The number of carbonyl (C=O) groups excluding carboxylic acids is 3. The standard InChI is InChI=1S/C39H36O7/c1-25(2)37(40)44-22-21-28-7-9-29(10-8-28)30-11-13-32(14-12-30)35-23-33(17-20-36(35)46-39(42)27(5)24-43-6)31-15-18-34(19-16-31)45-38(41)26(3)4/h7-20,23H,1,3,5,21-22,24H2,2,4,6H3. The highest BCUT2D eigenvalue weighted by Gasteiger charge is 2.16. The highest BCUT2D eigenvalue weighted by atomic mass is 16.5. The zero-order valence-corrected chi connectivity index (χ0v) is 26.3. The minimum absolute atomic E-state index is 0.0572. The second kappa shape index (κ2) is 15.5. The average Bonchev–Trinajstić information content (AvgIpc) is 3.05. The number of esters is 3. The summed E-state index contributed by atoms with van der Waals surface area (Å²) >= 11 is 0. The zero-order valence-electron chi connectivity index (χ0n) is 26.3. The molecule has 0 aliphatic heterocycles. The number of carbonyl (C=O) groups is 3. The molecular weight excluding hydrogens is 580 g/mol. The predicted molar refractivity (Wildman–Crippen MR) is 179 cm³/mol. The molecule has 0 fully saturated rings. The van der Waals surface area contributed by atoms with E-state index in [0.29, 0.717) is 34.6 Å². The van der Waals surface area contributed by atoms with Crippen molar-refractivity contribution in [2.45, 2.75) is 20.3 Å². The number of hydrogen-bond donors (Lipinski definition) is 0. The highest BCUT2D eigenvalue weighted by Crippen LogP contribution is 2.36. The van der Waals surface area contributed by atoms with E-state index in [0.717, 1.165) is 33.4 Å². The van der Waals surface area contributed by atoms with Crippen molar-refractivity contribution in [2.24, 2.45) is 0 Å². The third-order valence-corrected chi connectivity index (χ3v) is 6.99. The largest absolute Gasteiger partial charge is 0.462 e. The van der Waals surface area contributed by atoms with Gasteiger partial charge in [0.2, 0.25) is 0 Å². The lowest BCUT2D eigenvalue weighted by atomic mass is 9.96. The third-order valence-electron chi connectivity index (χ3n) is 6.99. The first kappa shape index (κ1) is 33.4. The van der Waals surface area contributed by atoms with Crippen molar-refractivity contribution in [2.75, 3.05) is 20.3 Å². The first-order chi connectivity index (χ1) is 22.0. The molecule has 0 aromatic heterocycles. The topological polar surface area (TPSA) is 88.1 Å². The fourth-order valence-electron chi connectivity index (χ4n) is 4.43. The van der Waals surface area contributed by atoms with Crippen LogP contribution in [0, 0.1) is 0 Å². The number of ether oxygens (including phenoxy) is 4. The van der Waals surface area contributed by atoms with Crippen LogP contribution < -0.4 is 9.47 Å². The summed E-state index contributed by atoms with van der Waals surface area (Å²) in [6.45, 7) is 14.5. The summed E-state index contributed by atoms with van der Waals surface area (Å²) in [6.07, 6.45) is 0.606. The molecule has 0 aliphatic carbocycles. The molecule has 0 amide bonds. The van der Waals surface area contributed by atoms with Crippen LogP contribution in [0.4, 0.5) is 0 Å². The first-order valence-electron chi connectivity index (χ1n) is 14.6.